The first-order valence-corrected chi connectivity index (χ1v) is 10.1. The van der Waals surface area contributed by atoms with E-state index < -0.39 is 0 Å². The fourth-order valence-electron chi connectivity index (χ4n) is 3.49. The minimum atomic E-state index is 0.167. The molecule has 3 aromatic rings. The second-order valence-corrected chi connectivity index (χ2v) is 7.61. The Labute approximate surface area is 157 Å². The number of nitrogens with zero attached hydrogens (tertiary/aromatic N) is 2. The van der Waals surface area contributed by atoms with Gasteiger partial charge in [-0.3, -0.25) is 4.79 Å². The van der Waals surface area contributed by atoms with Crippen molar-refractivity contribution in [1.29, 1.82) is 0 Å². The molecule has 134 valence electrons. The third-order valence-corrected chi connectivity index (χ3v) is 5.70. The number of aromatic nitrogens is 1. The lowest BCUT2D eigenvalue weighted by Crippen LogP contribution is -2.35. The number of hydrogen-bond donors (Lipinski definition) is 0. The van der Waals surface area contributed by atoms with Crippen molar-refractivity contribution >= 4 is 28.8 Å². The molecule has 0 bridgehead atoms. The van der Waals surface area contributed by atoms with Gasteiger partial charge in [-0.1, -0.05) is 60.6 Å². The van der Waals surface area contributed by atoms with Crippen molar-refractivity contribution in [1.82, 2.24) is 9.88 Å². The molecule has 0 saturated carbocycles. The van der Waals surface area contributed by atoms with E-state index in [1.165, 1.54) is 23.7 Å². The van der Waals surface area contributed by atoms with Gasteiger partial charge in [-0.2, -0.15) is 0 Å². The summed E-state index contributed by atoms with van der Waals surface area (Å²) in [5.74, 6) is 0.964. The molecule has 1 aliphatic rings. The zero-order valence-corrected chi connectivity index (χ0v) is 15.5. The van der Waals surface area contributed by atoms with Gasteiger partial charge in [-0.25, -0.2) is 4.98 Å². The Hall–Kier alpha value is -2.27. The van der Waals surface area contributed by atoms with Crippen LogP contribution in [0, 0.1) is 0 Å². The highest BCUT2D eigenvalue weighted by atomic mass is 32.2. The molecule has 5 heteroatoms. The smallest absolute Gasteiger partial charge is 0.257 e. The molecule has 0 spiro atoms. The SMILES string of the molecule is O=C(CSc1nc2ccccc2o1)N1CCCCC(c2ccccc2)C1. The quantitative estimate of drug-likeness (QED) is 0.627. The van der Waals surface area contributed by atoms with Crippen LogP contribution in [0.15, 0.2) is 64.2 Å². The minimum Gasteiger partial charge on any atom is -0.431 e. The first-order valence-electron chi connectivity index (χ1n) is 9.11. The van der Waals surface area contributed by atoms with E-state index in [1.807, 2.05) is 35.2 Å². The van der Waals surface area contributed by atoms with Crippen LogP contribution in [-0.4, -0.2) is 34.6 Å². The lowest BCUT2D eigenvalue weighted by atomic mass is 9.94. The molecular weight excluding hydrogens is 344 g/mol. The number of hydrogen-bond acceptors (Lipinski definition) is 4. The number of likely N-dealkylation sites (tertiary alicyclic amines) is 1. The van der Waals surface area contributed by atoms with Gasteiger partial charge in [-0.15, -0.1) is 0 Å². The van der Waals surface area contributed by atoms with E-state index in [-0.39, 0.29) is 5.91 Å². The molecule has 2 heterocycles. The molecule has 1 aliphatic heterocycles. The summed E-state index contributed by atoms with van der Waals surface area (Å²) in [6.07, 6.45) is 3.39. The molecule has 0 N–H and O–H groups in total. The predicted octanol–water partition coefficient (Wildman–Crippen LogP) is 4.72. The lowest BCUT2D eigenvalue weighted by molar-refractivity contribution is -0.128. The number of thioether (sulfide) groups is 1. The lowest BCUT2D eigenvalue weighted by Gasteiger charge is -2.24. The van der Waals surface area contributed by atoms with Crippen LogP contribution < -0.4 is 0 Å². The maximum Gasteiger partial charge on any atom is 0.257 e. The van der Waals surface area contributed by atoms with Gasteiger partial charge in [0.05, 0.1) is 5.75 Å². The van der Waals surface area contributed by atoms with Gasteiger partial charge in [0.1, 0.15) is 5.52 Å². The number of benzene rings is 2. The Bertz CT molecular complexity index is 845. The van der Waals surface area contributed by atoms with E-state index >= 15 is 0 Å². The van der Waals surface area contributed by atoms with E-state index in [2.05, 4.69) is 29.2 Å². The second-order valence-electron chi connectivity index (χ2n) is 6.68. The van der Waals surface area contributed by atoms with Crippen LogP contribution in [0.1, 0.15) is 30.7 Å². The second kappa shape index (κ2) is 7.96. The molecule has 4 rings (SSSR count). The molecule has 1 aromatic heterocycles. The fourth-order valence-corrected chi connectivity index (χ4v) is 4.23. The molecule has 1 amide bonds. The Morgan fingerprint density at radius 2 is 1.92 bits per heavy atom. The van der Waals surface area contributed by atoms with Gasteiger partial charge >= 0.3 is 0 Å². The van der Waals surface area contributed by atoms with Crippen LogP contribution in [0.5, 0.6) is 0 Å². The van der Waals surface area contributed by atoms with E-state index in [4.69, 9.17) is 4.42 Å². The van der Waals surface area contributed by atoms with Gasteiger partial charge in [0.25, 0.3) is 5.22 Å². The van der Waals surface area contributed by atoms with Gasteiger partial charge in [-0.05, 0) is 30.5 Å². The van der Waals surface area contributed by atoms with Gasteiger partial charge in [0, 0.05) is 19.0 Å². The van der Waals surface area contributed by atoms with E-state index in [9.17, 15) is 4.79 Å². The molecule has 0 radical (unpaired) electrons. The Morgan fingerprint density at radius 1 is 1.12 bits per heavy atom. The fraction of sp³-hybridized carbons (Fsp3) is 0.333. The third kappa shape index (κ3) is 3.93. The van der Waals surface area contributed by atoms with Gasteiger partial charge in [0.2, 0.25) is 5.91 Å². The van der Waals surface area contributed by atoms with Crippen molar-refractivity contribution in [2.75, 3.05) is 18.8 Å². The summed E-state index contributed by atoms with van der Waals surface area (Å²) in [5, 5.41) is 0.564. The Balaban J connectivity index is 1.40. The summed E-state index contributed by atoms with van der Waals surface area (Å²) in [6, 6.07) is 18.2. The number of carbonyl (C=O) groups is 1. The zero-order chi connectivity index (χ0) is 17.8. The number of oxazole rings is 1. The van der Waals surface area contributed by atoms with Crippen LogP contribution in [0.4, 0.5) is 0 Å². The standard InChI is InChI=1S/C21H22N2O2S/c24-20(15-26-21-22-18-11-4-5-12-19(18)25-21)23-13-7-6-10-17(14-23)16-8-2-1-3-9-16/h1-5,8-9,11-12,17H,6-7,10,13-15H2. The van der Waals surface area contributed by atoms with E-state index in [0.717, 1.165) is 37.0 Å². The van der Waals surface area contributed by atoms with Crippen molar-refractivity contribution in [3.8, 4) is 0 Å². The van der Waals surface area contributed by atoms with Crippen molar-refractivity contribution in [2.45, 2.75) is 30.4 Å². The number of fused-ring (bicyclic) bond motifs is 1. The average molecular weight is 366 g/mol. The Kier molecular flexibility index (Phi) is 5.25. The summed E-state index contributed by atoms with van der Waals surface area (Å²) in [4.78, 5) is 19.2. The van der Waals surface area contributed by atoms with E-state index in [1.54, 1.807) is 0 Å². The number of rotatable bonds is 4. The summed E-state index contributed by atoms with van der Waals surface area (Å²) >= 11 is 1.38. The first-order chi connectivity index (χ1) is 12.8. The highest BCUT2D eigenvalue weighted by molar-refractivity contribution is 7.99. The van der Waals surface area contributed by atoms with Gasteiger partial charge in [0.15, 0.2) is 5.58 Å². The monoisotopic (exact) mass is 366 g/mol. The molecule has 1 fully saturated rings. The number of carbonyl (C=O) groups excluding carboxylic acids is 1. The first kappa shape index (κ1) is 17.2. The molecule has 1 atom stereocenters. The van der Waals surface area contributed by atoms with Crippen LogP contribution in [-0.2, 0) is 4.79 Å². The normalized spacial score (nSPS) is 18.0. The summed E-state index contributed by atoms with van der Waals surface area (Å²) in [5.41, 5.74) is 2.93. The molecule has 1 saturated heterocycles. The van der Waals surface area contributed by atoms with Crippen LogP contribution in [0.25, 0.3) is 11.1 Å². The maximum atomic E-state index is 12.8. The molecule has 26 heavy (non-hydrogen) atoms. The van der Waals surface area contributed by atoms with Gasteiger partial charge < -0.3 is 9.32 Å². The minimum absolute atomic E-state index is 0.167. The van der Waals surface area contributed by atoms with Crippen LogP contribution in [0.2, 0.25) is 0 Å². The molecular formula is C21H22N2O2S. The maximum absolute atomic E-state index is 12.8. The topological polar surface area (TPSA) is 46.3 Å². The molecule has 0 aliphatic carbocycles. The molecule has 1 unspecified atom stereocenters. The zero-order valence-electron chi connectivity index (χ0n) is 14.6. The Morgan fingerprint density at radius 3 is 2.77 bits per heavy atom. The number of para-hydroxylation sites is 2. The van der Waals surface area contributed by atoms with Crippen LogP contribution in [0.3, 0.4) is 0 Å². The van der Waals surface area contributed by atoms with E-state index in [0.29, 0.717) is 16.9 Å². The highest BCUT2D eigenvalue weighted by Gasteiger charge is 2.23. The van der Waals surface area contributed by atoms with Crippen LogP contribution >= 0.6 is 11.8 Å². The van der Waals surface area contributed by atoms with Crippen molar-refractivity contribution in [3.63, 3.8) is 0 Å². The van der Waals surface area contributed by atoms with Crippen molar-refractivity contribution < 1.29 is 9.21 Å². The summed E-state index contributed by atoms with van der Waals surface area (Å²) < 4.78 is 5.70. The van der Waals surface area contributed by atoms with Crippen molar-refractivity contribution in [2.24, 2.45) is 0 Å². The third-order valence-electron chi connectivity index (χ3n) is 4.89. The predicted molar refractivity (Wildman–Crippen MR) is 104 cm³/mol. The number of amides is 1. The van der Waals surface area contributed by atoms with Crippen molar-refractivity contribution in [3.05, 3.63) is 60.2 Å². The summed E-state index contributed by atoms with van der Waals surface area (Å²) in [6.45, 7) is 1.65. The highest BCUT2D eigenvalue weighted by Crippen LogP contribution is 2.28. The largest absolute Gasteiger partial charge is 0.431 e. The summed E-state index contributed by atoms with van der Waals surface area (Å²) in [7, 11) is 0. The molecule has 2 aromatic carbocycles. The average Bonchev–Trinajstić information content (AvgIpc) is 2.94. The molecule has 4 nitrogen and oxygen atoms in total.